The summed E-state index contributed by atoms with van der Waals surface area (Å²) in [5.41, 5.74) is 3.06. The van der Waals surface area contributed by atoms with Gasteiger partial charge in [-0.05, 0) is 38.3 Å². The first-order chi connectivity index (χ1) is 9.13. The fraction of sp³-hybridized carbons (Fsp3) is 0.615. The molecule has 1 aromatic rings. The molecule has 1 unspecified atom stereocenters. The Hall–Kier alpha value is -1.37. The predicted molar refractivity (Wildman–Crippen MR) is 70.2 cm³/mol. The van der Waals surface area contributed by atoms with Crippen LogP contribution in [0, 0.1) is 12.8 Å². The van der Waals surface area contributed by atoms with Crippen LogP contribution in [0.3, 0.4) is 0 Å². The van der Waals surface area contributed by atoms with Gasteiger partial charge in [-0.15, -0.1) is 0 Å². The molecule has 0 spiro atoms. The number of likely N-dealkylation sites (tertiary alicyclic amines) is 1. The number of piperidine rings is 1. The van der Waals surface area contributed by atoms with Gasteiger partial charge in [-0.3, -0.25) is 15.1 Å². The molecule has 0 radical (unpaired) electrons. The summed E-state index contributed by atoms with van der Waals surface area (Å²) in [5, 5.41) is 9.23. The number of hydrogen-bond donors (Lipinski definition) is 3. The van der Waals surface area contributed by atoms with Crippen LogP contribution in [-0.4, -0.2) is 35.6 Å². The first-order valence-corrected chi connectivity index (χ1v) is 6.57. The van der Waals surface area contributed by atoms with E-state index in [2.05, 4.69) is 10.3 Å². The standard InChI is InChI=1S/C13H21N3O3/c1-9-11(5-12(19-9)13(18)15-14)7-16-4-2-3-10(6-16)8-17/h5,10,17H,2-4,6-8,14H2,1H3,(H,15,18). The molecule has 1 aliphatic rings. The highest BCUT2D eigenvalue weighted by Crippen LogP contribution is 2.21. The SMILES string of the molecule is Cc1oc(C(=O)NN)cc1CN1CCCC(CO)C1. The number of nitrogen functional groups attached to an aromatic ring is 1. The van der Waals surface area contributed by atoms with Crippen molar-refractivity contribution in [1.82, 2.24) is 10.3 Å². The number of rotatable bonds is 4. The van der Waals surface area contributed by atoms with Crippen LogP contribution in [0.15, 0.2) is 10.5 Å². The molecule has 0 aromatic carbocycles. The minimum atomic E-state index is -0.416. The normalized spacial score (nSPS) is 20.5. The van der Waals surface area contributed by atoms with Gasteiger partial charge in [0.2, 0.25) is 0 Å². The highest BCUT2D eigenvalue weighted by molar-refractivity contribution is 5.91. The summed E-state index contributed by atoms with van der Waals surface area (Å²) in [5.74, 6) is 6.01. The molecular formula is C13H21N3O3. The maximum absolute atomic E-state index is 11.4. The highest BCUT2D eigenvalue weighted by atomic mass is 16.4. The van der Waals surface area contributed by atoms with Crippen LogP contribution < -0.4 is 11.3 Å². The fourth-order valence-electron chi connectivity index (χ4n) is 2.54. The number of aliphatic hydroxyl groups is 1. The summed E-state index contributed by atoms with van der Waals surface area (Å²) in [6.07, 6.45) is 2.18. The van der Waals surface area contributed by atoms with Gasteiger partial charge in [0.25, 0.3) is 0 Å². The van der Waals surface area contributed by atoms with Crippen molar-refractivity contribution in [3.05, 3.63) is 23.2 Å². The average Bonchev–Trinajstić information content (AvgIpc) is 2.79. The smallest absolute Gasteiger partial charge is 0.300 e. The molecule has 1 aromatic heterocycles. The molecule has 2 heterocycles. The van der Waals surface area contributed by atoms with Crippen LogP contribution in [0.1, 0.15) is 34.7 Å². The third-order valence-corrected chi connectivity index (χ3v) is 3.63. The lowest BCUT2D eigenvalue weighted by atomic mass is 9.98. The van der Waals surface area contributed by atoms with Crippen molar-refractivity contribution in [2.45, 2.75) is 26.3 Å². The molecular weight excluding hydrogens is 246 g/mol. The quantitative estimate of drug-likeness (QED) is 0.417. The van der Waals surface area contributed by atoms with E-state index in [4.69, 9.17) is 10.3 Å². The molecule has 19 heavy (non-hydrogen) atoms. The highest BCUT2D eigenvalue weighted by Gasteiger charge is 2.21. The predicted octanol–water partition coefficient (Wildman–Crippen LogP) is 0.396. The van der Waals surface area contributed by atoms with Gasteiger partial charge < -0.3 is 9.52 Å². The molecule has 106 valence electrons. The molecule has 0 aliphatic carbocycles. The van der Waals surface area contributed by atoms with Crippen LogP contribution in [0.2, 0.25) is 0 Å². The summed E-state index contributed by atoms with van der Waals surface area (Å²) in [4.78, 5) is 13.7. The fourth-order valence-corrected chi connectivity index (χ4v) is 2.54. The molecule has 1 amide bonds. The molecule has 1 saturated heterocycles. The number of hydrogen-bond acceptors (Lipinski definition) is 5. The maximum atomic E-state index is 11.4. The molecule has 2 rings (SSSR count). The Balaban J connectivity index is 2.02. The van der Waals surface area contributed by atoms with E-state index in [1.807, 2.05) is 6.92 Å². The zero-order valence-electron chi connectivity index (χ0n) is 11.2. The van der Waals surface area contributed by atoms with Crippen LogP contribution in [-0.2, 0) is 6.54 Å². The second-order valence-corrected chi connectivity index (χ2v) is 5.09. The van der Waals surface area contributed by atoms with Crippen molar-refractivity contribution in [2.75, 3.05) is 19.7 Å². The van der Waals surface area contributed by atoms with E-state index < -0.39 is 5.91 Å². The third kappa shape index (κ3) is 3.34. The van der Waals surface area contributed by atoms with Gasteiger partial charge in [0.05, 0.1) is 0 Å². The summed E-state index contributed by atoms with van der Waals surface area (Å²) >= 11 is 0. The zero-order chi connectivity index (χ0) is 13.8. The second kappa shape index (κ2) is 6.18. The number of hydrazine groups is 1. The molecule has 1 atom stereocenters. The lowest BCUT2D eigenvalue weighted by molar-refractivity contribution is 0.0924. The van der Waals surface area contributed by atoms with Crippen molar-refractivity contribution < 1.29 is 14.3 Å². The minimum absolute atomic E-state index is 0.238. The average molecular weight is 267 g/mol. The molecule has 6 nitrogen and oxygen atoms in total. The largest absolute Gasteiger partial charge is 0.456 e. The van der Waals surface area contributed by atoms with E-state index >= 15 is 0 Å². The number of carbonyl (C=O) groups excluding carboxylic acids is 1. The van der Waals surface area contributed by atoms with Gasteiger partial charge in [0, 0.05) is 25.3 Å². The monoisotopic (exact) mass is 267 g/mol. The van der Waals surface area contributed by atoms with Crippen LogP contribution in [0.5, 0.6) is 0 Å². The molecule has 1 fully saturated rings. The Bertz CT molecular complexity index is 444. The third-order valence-electron chi connectivity index (χ3n) is 3.63. The molecule has 1 aliphatic heterocycles. The Labute approximate surface area is 112 Å². The van der Waals surface area contributed by atoms with Crippen molar-refractivity contribution >= 4 is 5.91 Å². The Morgan fingerprint density at radius 3 is 3.16 bits per heavy atom. The zero-order valence-corrected chi connectivity index (χ0v) is 11.2. The number of aryl methyl sites for hydroxylation is 1. The number of nitrogens with one attached hydrogen (secondary N) is 1. The number of carbonyl (C=O) groups is 1. The van der Waals surface area contributed by atoms with E-state index in [0.717, 1.165) is 43.8 Å². The van der Waals surface area contributed by atoms with Gasteiger partial charge in [-0.25, -0.2) is 5.84 Å². The molecule has 6 heteroatoms. The van der Waals surface area contributed by atoms with Crippen molar-refractivity contribution in [1.29, 1.82) is 0 Å². The van der Waals surface area contributed by atoms with E-state index in [1.165, 1.54) is 0 Å². The van der Waals surface area contributed by atoms with Crippen molar-refractivity contribution in [3.8, 4) is 0 Å². The van der Waals surface area contributed by atoms with Gasteiger partial charge in [0.1, 0.15) is 5.76 Å². The van der Waals surface area contributed by atoms with Crippen molar-refractivity contribution in [3.63, 3.8) is 0 Å². The Kier molecular flexibility index (Phi) is 4.57. The van der Waals surface area contributed by atoms with Crippen molar-refractivity contribution in [2.24, 2.45) is 11.8 Å². The molecule has 4 N–H and O–H groups in total. The second-order valence-electron chi connectivity index (χ2n) is 5.09. The maximum Gasteiger partial charge on any atom is 0.300 e. The number of nitrogens with two attached hydrogens (primary N) is 1. The summed E-state index contributed by atoms with van der Waals surface area (Å²) in [6, 6.07) is 1.74. The Morgan fingerprint density at radius 1 is 1.68 bits per heavy atom. The van der Waals surface area contributed by atoms with E-state index in [9.17, 15) is 9.90 Å². The number of nitrogens with zero attached hydrogens (tertiary/aromatic N) is 1. The summed E-state index contributed by atoms with van der Waals surface area (Å²) in [7, 11) is 0. The number of aliphatic hydroxyl groups excluding tert-OH is 1. The number of amides is 1. The summed E-state index contributed by atoms with van der Waals surface area (Å²) in [6.45, 7) is 4.72. The summed E-state index contributed by atoms with van der Waals surface area (Å²) < 4.78 is 5.39. The van der Waals surface area contributed by atoms with Gasteiger partial charge >= 0.3 is 5.91 Å². The first kappa shape index (κ1) is 14.0. The minimum Gasteiger partial charge on any atom is -0.456 e. The molecule has 0 bridgehead atoms. The molecule has 0 saturated carbocycles. The number of furan rings is 1. The van der Waals surface area contributed by atoms with E-state index in [1.54, 1.807) is 6.07 Å². The van der Waals surface area contributed by atoms with Gasteiger partial charge in [0.15, 0.2) is 5.76 Å². The van der Waals surface area contributed by atoms with E-state index in [-0.39, 0.29) is 12.4 Å². The van der Waals surface area contributed by atoms with Crippen LogP contribution in [0.25, 0.3) is 0 Å². The van der Waals surface area contributed by atoms with Crippen LogP contribution in [0.4, 0.5) is 0 Å². The van der Waals surface area contributed by atoms with Crippen LogP contribution >= 0.6 is 0 Å². The van der Waals surface area contributed by atoms with Gasteiger partial charge in [-0.2, -0.15) is 0 Å². The first-order valence-electron chi connectivity index (χ1n) is 6.57. The van der Waals surface area contributed by atoms with Gasteiger partial charge in [-0.1, -0.05) is 0 Å². The Morgan fingerprint density at radius 2 is 2.47 bits per heavy atom. The lowest BCUT2D eigenvalue weighted by Gasteiger charge is -2.31. The topological polar surface area (TPSA) is 91.7 Å². The lowest BCUT2D eigenvalue weighted by Crippen LogP contribution is -2.36. The van der Waals surface area contributed by atoms with E-state index in [0.29, 0.717) is 5.92 Å².